The molecule has 0 radical (unpaired) electrons. The second-order valence-corrected chi connectivity index (χ2v) is 4.48. The van der Waals surface area contributed by atoms with Crippen molar-refractivity contribution in [2.45, 2.75) is 25.4 Å². The Balaban J connectivity index is 2.12. The Morgan fingerprint density at radius 2 is 1.75 bits per heavy atom. The highest BCUT2D eigenvalue weighted by Crippen LogP contribution is 2.54. The Bertz CT molecular complexity index is 280. The summed E-state index contributed by atoms with van der Waals surface area (Å²) in [7, 11) is 0. The van der Waals surface area contributed by atoms with Crippen molar-refractivity contribution in [2.24, 2.45) is 5.41 Å². The molecule has 92 valence electrons. The molecule has 0 aromatic heterocycles. The van der Waals surface area contributed by atoms with Gasteiger partial charge in [-0.05, 0) is 12.8 Å². The lowest BCUT2D eigenvalue weighted by Crippen LogP contribution is -2.59. The first kappa shape index (κ1) is 11.7. The fourth-order valence-electron chi connectivity index (χ4n) is 2.32. The second kappa shape index (κ2) is 3.91. The molecule has 1 N–H and O–H groups in total. The normalized spacial score (nSPS) is 25.1. The van der Waals surface area contributed by atoms with E-state index in [1.165, 1.54) is 4.90 Å². The minimum absolute atomic E-state index is 0.0424. The maximum atomic E-state index is 12.9. The second-order valence-electron chi connectivity index (χ2n) is 4.48. The van der Waals surface area contributed by atoms with E-state index in [-0.39, 0.29) is 12.8 Å². The fraction of sp³-hybridized carbons (Fsp3) is 0.900. The molecule has 2 aliphatic rings. The number of hydrogen-bond acceptors (Lipinski definition) is 2. The predicted octanol–water partition coefficient (Wildman–Crippen LogP) is 1.15. The number of amides is 1. The molecule has 1 amide bonds. The standard InChI is InChI=1S/C10H15F3N2O/c11-10(12,13)9(2-1-3-9)8(16)15-6-4-14-5-7-15/h14H,1-7H2. The third-order valence-corrected chi connectivity index (χ3v) is 3.56. The number of piperazine rings is 1. The molecule has 0 aromatic rings. The Morgan fingerprint density at radius 1 is 1.19 bits per heavy atom. The molecule has 1 saturated carbocycles. The van der Waals surface area contributed by atoms with E-state index in [1.54, 1.807) is 0 Å². The van der Waals surface area contributed by atoms with E-state index in [9.17, 15) is 18.0 Å². The highest BCUT2D eigenvalue weighted by atomic mass is 19.4. The van der Waals surface area contributed by atoms with Gasteiger partial charge in [-0.15, -0.1) is 0 Å². The van der Waals surface area contributed by atoms with Crippen LogP contribution in [0.25, 0.3) is 0 Å². The molecule has 1 heterocycles. The maximum absolute atomic E-state index is 12.9. The molecule has 0 spiro atoms. The van der Waals surface area contributed by atoms with Gasteiger partial charge < -0.3 is 10.2 Å². The molecule has 0 aromatic carbocycles. The zero-order chi connectivity index (χ0) is 11.8. The van der Waals surface area contributed by atoms with Gasteiger partial charge in [0.25, 0.3) is 0 Å². The number of nitrogens with zero attached hydrogens (tertiary/aromatic N) is 1. The van der Waals surface area contributed by atoms with E-state index in [0.717, 1.165) is 0 Å². The van der Waals surface area contributed by atoms with Crippen molar-refractivity contribution in [3.63, 3.8) is 0 Å². The first-order valence-corrected chi connectivity index (χ1v) is 5.54. The predicted molar refractivity (Wildman–Crippen MR) is 51.8 cm³/mol. The van der Waals surface area contributed by atoms with Gasteiger partial charge in [0, 0.05) is 26.2 Å². The lowest BCUT2D eigenvalue weighted by molar-refractivity contribution is -0.248. The Morgan fingerprint density at radius 3 is 2.12 bits per heavy atom. The number of alkyl halides is 3. The Kier molecular flexibility index (Phi) is 2.86. The van der Waals surface area contributed by atoms with Gasteiger partial charge in [-0.2, -0.15) is 13.2 Å². The number of carbonyl (C=O) groups is 1. The Labute approximate surface area is 92.0 Å². The number of hydrogen-bond donors (Lipinski definition) is 1. The van der Waals surface area contributed by atoms with E-state index >= 15 is 0 Å². The summed E-state index contributed by atoms with van der Waals surface area (Å²) in [6.07, 6.45) is -3.98. The van der Waals surface area contributed by atoms with E-state index in [1.807, 2.05) is 0 Å². The zero-order valence-corrected chi connectivity index (χ0v) is 8.94. The summed E-state index contributed by atoms with van der Waals surface area (Å²) in [5, 5.41) is 3.02. The number of rotatable bonds is 1. The average Bonchev–Trinajstić information content (AvgIpc) is 2.15. The van der Waals surface area contributed by atoms with Gasteiger partial charge >= 0.3 is 6.18 Å². The molecule has 16 heavy (non-hydrogen) atoms. The molecule has 6 heteroatoms. The van der Waals surface area contributed by atoms with Gasteiger partial charge in [0.2, 0.25) is 5.91 Å². The molecule has 1 aliphatic heterocycles. The van der Waals surface area contributed by atoms with E-state index in [2.05, 4.69) is 5.32 Å². The van der Waals surface area contributed by atoms with Crippen molar-refractivity contribution in [2.75, 3.05) is 26.2 Å². The van der Waals surface area contributed by atoms with Crippen molar-refractivity contribution < 1.29 is 18.0 Å². The number of nitrogens with one attached hydrogen (secondary N) is 1. The van der Waals surface area contributed by atoms with Crippen molar-refractivity contribution in [3.05, 3.63) is 0 Å². The van der Waals surface area contributed by atoms with Crippen LogP contribution >= 0.6 is 0 Å². The molecule has 0 atom stereocenters. The van der Waals surface area contributed by atoms with Gasteiger partial charge in [0.05, 0.1) is 0 Å². The number of carbonyl (C=O) groups excluding carboxylic acids is 1. The van der Waals surface area contributed by atoms with Gasteiger partial charge in [0.1, 0.15) is 5.41 Å². The smallest absolute Gasteiger partial charge is 0.339 e. The van der Waals surface area contributed by atoms with Crippen LogP contribution in [0.1, 0.15) is 19.3 Å². The van der Waals surface area contributed by atoms with Gasteiger partial charge in [-0.25, -0.2) is 0 Å². The molecule has 0 unspecified atom stereocenters. The summed E-state index contributed by atoms with van der Waals surface area (Å²) < 4.78 is 38.7. The highest BCUT2D eigenvalue weighted by molar-refractivity contribution is 5.84. The molecular weight excluding hydrogens is 221 g/mol. The summed E-state index contributed by atoms with van der Waals surface area (Å²) in [6.45, 7) is 1.94. The maximum Gasteiger partial charge on any atom is 0.403 e. The number of halogens is 3. The summed E-state index contributed by atoms with van der Waals surface area (Å²) >= 11 is 0. The average molecular weight is 236 g/mol. The fourth-order valence-corrected chi connectivity index (χ4v) is 2.32. The molecular formula is C10H15F3N2O. The van der Waals surface area contributed by atoms with Crippen LogP contribution in [0.15, 0.2) is 0 Å². The first-order chi connectivity index (χ1) is 7.47. The van der Waals surface area contributed by atoms with Crippen LogP contribution in [0, 0.1) is 5.41 Å². The van der Waals surface area contributed by atoms with Gasteiger partial charge in [-0.3, -0.25) is 4.79 Å². The molecule has 0 bridgehead atoms. The summed E-state index contributed by atoms with van der Waals surface area (Å²) in [6, 6.07) is 0. The van der Waals surface area contributed by atoms with Crippen molar-refractivity contribution >= 4 is 5.91 Å². The quantitative estimate of drug-likeness (QED) is 0.740. The topological polar surface area (TPSA) is 32.3 Å². The summed E-state index contributed by atoms with van der Waals surface area (Å²) in [5.41, 5.74) is -2.07. The monoisotopic (exact) mass is 236 g/mol. The van der Waals surface area contributed by atoms with Crippen molar-refractivity contribution in [1.29, 1.82) is 0 Å². The highest BCUT2D eigenvalue weighted by Gasteiger charge is 2.64. The van der Waals surface area contributed by atoms with Gasteiger partial charge in [-0.1, -0.05) is 6.42 Å². The lowest BCUT2D eigenvalue weighted by Gasteiger charge is -2.45. The minimum Gasteiger partial charge on any atom is -0.339 e. The van der Waals surface area contributed by atoms with Crippen LogP contribution in [-0.4, -0.2) is 43.2 Å². The Hall–Kier alpha value is -0.780. The molecule has 2 rings (SSSR count). The molecule has 1 aliphatic carbocycles. The zero-order valence-electron chi connectivity index (χ0n) is 8.94. The minimum atomic E-state index is -4.40. The first-order valence-electron chi connectivity index (χ1n) is 5.54. The van der Waals surface area contributed by atoms with Crippen LogP contribution in [0.5, 0.6) is 0 Å². The molecule has 1 saturated heterocycles. The van der Waals surface area contributed by atoms with Crippen LogP contribution < -0.4 is 5.32 Å². The SMILES string of the molecule is O=C(N1CCNCC1)C1(C(F)(F)F)CCC1. The third-order valence-electron chi connectivity index (χ3n) is 3.56. The largest absolute Gasteiger partial charge is 0.403 e. The van der Waals surface area contributed by atoms with Crippen molar-refractivity contribution in [1.82, 2.24) is 10.2 Å². The summed E-state index contributed by atoms with van der Waals surface area (Å²) in [5.74, 6) is -0.715. The van der Waals surface area contributed by atoms with Crippen LogP contribution in [0.4, 0.5) is 13.2 Å². The van der Waals surface area contributed by atoms with E-state index in [0.29, 0.717) is 32.6 Å². The van der Waals surface area contributed by atoms with Gasteiger partial charge in [0.15, 0.2) is 0 Å². The molecule has 2 fully saturated rings. The van der Waals surface area contributed by atoms with Crippen LogP contribution in [0.3, 0.4) is 0 Å². The van der Waals surface area contributed by atoms with Crippen LogP contribution in [-0.2, 0) is 4.79 Å². The van der Waals surface area contributed by atoms with Crippen molar-refractivity contribution in [3.8, 4) is 0 Å². The van der Waals surface area contributed by atoms with E-state index < -0.39 is 17.5 Å². The lowest BCUT2D eigenvalue weighted by atomic mass is 9.67. The van der Waals surface area contributed by atoms with Crippen LogP contribution in [0.2, 0.25) is 0 Å². The third kappa shape index (κ3) is 1.69. The molecule has 3 nitrogen and oxygen atoms in total. The van der Waals surface area contributed by atoms with E-state index in [4.69, 9.17) is 0 Å². The summed E-state index contributed by atoms with van der Waals surface area (Å²) in [4.78, 5) is 13.3.